The van der Waals surface area contributed by atoms with Crippen molar-refractivity contribution < 1.29 is 12.9 Å². The molecule has 1 aromatic heterocycles. The predicted molar refractivity (Wildman–Crippen MR) is 84.6 cm³/mol. The zero-order valence-corrected chi connectivity index (χ0v) is 13.8. The van der Waals surface area contributed by atoms with Crippen LogP contribution in [0.5, 0.6) is 0 Å². The van der Waals surface area contributed by atoms with Gasteiger partial charge >= 0.3 is 0 Å². The molecule has 3 heterocycles. The molecule has 6 nitrogen and oxygen atoms in total. The van der Waals surface area contributed by atoms with E-state index in [0.717, 1.165) is 31.5 Å². The molecule has 0 unspecified atom stereocenters. The summed E-state index contributed by atoms with van der Waals surface area (Å²) in [6.07, 6.45) is 5.67. The fraction of sp³-hybridized carbons (Fsp3) is 0.500. The van der Waals surface area contributed by atoms with Crippen LogP contribution in [-0.4, -0.2) is 42.8 Å². The topological polar surface area (TPSA) is 76.3 Å². The molecule has 1 aromatic carbocycles. The second-order valence-corrected chi connectivity index (χ2v) is 8.46. The summed E-state index contributed by atoms with van der Waals surface area (Å²) in [4.78, 5) is 7.37. The normalized spacial score (nSPS) is 20.7. The standard InChI is InChI=1S/C16H19N3O3S/c1-23(20,21)13-6-4-12(5-7-13)14-17-15(22-18-14)16-8-2-10-19(16)11-3-9-16/h4-7H,2-3,8-11H2,1H3. The van der Waals surface area contributed by atoms with E-state index in [1.807, 2.05) is 0 Å². The number of fused-ring (bicyclic) bond motifs is 1. The van der Waals surface area contributed by atoms with E-state index in [2.05, 4.69) is 15.0 Å². The number of hydrogen-bond donors (Lipinski definition) is 0. The summed E-state index contributed by atoms with van der Waals surface area (Å²) in [6, 6.07) is 6.61. The van der Waals surface area contributed by atoms with Gasteiger partial charge in [0.05, 0.1) is 4.90 Å². The molecule has 0 N–H and O–H groups in total. The molecule has 0 saturated carbocycles. The molecule has 0 radical (unpaired) electrons. The van der Waals surface area contributed by atoms with Crippen LogP contribution < -0.4 is 0 Å². The monoisotopic (exact) mass is 333 g/mol. The van der Waals surface area contributed by atoms with Crippen LogP contribution in [0.4, 0.5) is 0 Å². The lowest BCUT2D eigenvalue weighted by atomic mass is 9.94. The van der Waals surface area contributed by atoms with Gasteiger partial charge in [-0.1, -0.05) is 5.16 Å². The summed E-state index contributed by atoms with van der Waals surface area (Å²) < 4.78 is 28.6. The highest BCUT2D eigenvalue weighted by Gasteiger charge is 2.49. The van der Waals surface area contributed by atoms with Crippen molar-refractivity contribution in [1.29, 1.82) is 0 Å². The maximum absolute atomic E-state index is 11.5. The van der Waals surface area contributed by atoms with Crippen LogP contribution >= 0.6 is 0 Å². The summed E-state index contributed by atoms with van der Waals surface area (Å²) in [7, 11) is -3.19. The molecule has 122 valence electrons. The van der Waals surface area contributed by atoms with Gasteiger partial charge in [0, 0.05) is 11.8 Å². The molecule has 0 aliphatic carbocycles. The summed E-state index contributed by atoms with van der Waals surface area (Å²) >= 11 is 0. The maximum Gasteiger partial charge on any atom is 0.247 e. The average Bonchev–Trinajstić information content (AvgIpc) is 3.21. The summed E-state index contributed by atoms with van der Waals surface area (Å²) in [5.41, 5.74) is 0.698. The molecule has 23 heavy (non-hydrogen) atoms. The number of hydrogen-bond acceptors (Lipinski definition) is 6. The van der Waals surface area contributed by atoms with Crippen molar-refractivity contribution >= 4 is 9.84 Å². The molecule has 7 heteroatoms. The molecular formula is C16H19N3O3S. The smallest absolute Gasteiger partial charge is 0.247 e. The van der Waals surface area contributed by atoms with Crippen LogP contribution in [0.3, 0.4) is 0 Å². The summed E-state index contributed by atoms with van der Waals surface area (Å²) in [6.45, 7) is 2.20. The second kappa shape index (κ2) is 5.14. The van der Waals surface area contributed by atoms with E-state index in [4.69, 9.17) is 4.52 Å². The molecule has 2 aliphatic rings. The van der Waals surface area contributed by atoms with Gasteiger partial charge < -0.3 is 4.52 Å². The lowest BCUT2D eigenvalue weighted by Gasteiger charge is -2.27. The van der Waals surface area contributed by atoms with Gasteiger partial charge in [-0.25, -0.2) is 8.42 Å². The minimum atomic E-state index is -3.19. The Bertz CT molecular complexity index is 817. The third-order valence-corrected chi connectivity index (χ3v) is 6.14. The Labute approximate surface area is 135 Å². The number of sulfone groups is 1. The van der Waals surface area contributed by atoms with E-state index < -0.39 is 9.84 Å². The lowest BCUT2D eigenvalue weighted by molar-refractivity contribution is 0.143. The number of aromatic nitrogens is 2. The van der Waals surface area contributed by atoms with E-state index in [-0.39, 0.29) is 5.54 Å². The van der Waals surface area contributed by atoms with Crippen LogP contribution in [0.25, 0.3) is 11.4 Å². The van der Waals surface area contributed by atoms with Crippen LogP contribution in [-0.2, 0) is 15.4 Å². The molecule has 2 aliphatic heterocycles. The fourth-order valence-electron chi connectivity index (χ4n) is 3.84. The largest absolute Gasteiger partial charge is 0.337 e. The number of nitrogens with zero attached hydrogens (tertiary/aromatic N) is 3. The molecule has 0 atom stereocenters. The fourth-order valence-corrected chi connectivity index (χ4v) is 4.47. The van der Waals surface area contributed by atoms with Crippen molar-refractivity contribution in [2.24, 2.45) is 0 Å². The minimum absolute atomic E-state index is 0.0715. The van der Waals surface area contributed by atoms with Crippen LogP contribution in [0, 0.1) is 0 Å². The molecule has 0 amide bonds. The van der Waals surface area contributed by atoms with E-state index in [1.54, 1.807) is 24.3 Å². The van der Waals surface area contributed by atoms with Crippen molar-refractivity contribution in [2.75, 3.05) is 19.3 Å². The van der Waals surface area contributed by atoms with Crippen molar-refractivity contribution in [2.45, 2.75) is 36.1 Å². The summed E-state index contributed by atoms with van der Waals surface area (Å²) in [5, 5.41) is 4.12. The molecule has 4 rings (SSSR count). The molecule has 2 aromatic rings. The Morgan fingerprint density at radius 3 is 2.39 bits per heavy atom. The quantitative estimate of drug-likeness (QED) is 0.857. The van der Waals surface area contributed by atoms with E-state index in [0.29, 0.717) is 16.6 Å². The Kier molecular flexibility index (Phi) is 3.32. The first-order valence-corrected chi connectivity index (χ1v) is 9.78. The summed E-state index contributed by atoms with van der Waals surface area (Å²) in [5.74, 6) is 1.22. The van der Waals surface area contributed by atoms with Gasteiger partial charge in [0.2, 0.25) is 11.7 Å². The third kappa shape index (κ3) is 2.38. The number of rotatable bonds is 3. The SMILES string of the molecule is CS(=O)(=O)c1ccc(-c2noc(C34CCCN3CCC4)n2)cc1. The van der Waals surface area contributed by atoms with Crippen molar-refractivity contribution in [1.82, 2.24) is 15.0 Å². The Balaban J connectivity index is 1.66. The lowest BCUT2D eigenvalue weighted by Crippen LogP contribution is -2.35. The molecule has 2 saturated heterocycles. The molecule has 0 spiro atoms. The van der Waals surface area contributed by atoms with Crippen molar-refractivity contribution in [3.8, 4) is 11.4 Å². The highest BCUT2D eigenvalue weighted by atomic mass is 32.2. The van der Waals surface area contributed by atoms with Crippen LogP contribution in [0.15, 0.2) is 33.7 Å². The maximum atomic E-state index is 11.5. The predicted octanol–water partition coefficient (Wildman–Crippen LogP) is 2.23. The van der Waals surface area contributed by atoms with Gasteiger partial charge in [-0.2, -0.15) is 4.98 Å². The van der Waals surface area contributed by atoms with E-state index in [9.17, 15) is 8.42 Å². The zero-order chi connectivity index (χ0) is 16.1. The van der Waals surface area contributed by atoms with Crippen LogP contribution in [0.2, 0.25) is 0 Å². The first-order chi connectivity index (χ1) is 11.0. The van der Waals surface area contributed by atoms with Gasteiger partial charge in [-0.05, 0) is 63.0 Å². The first-order valence-electron chi connectivity index (χ1n) is 7.89. The van der Waals surface area contributed by atoms with Gasteiger partial charge in [0.15, 0.2) is 9.84 Å². The van der Waals surface area contributed by atoms with Gasteiger partial charge in [-0.15, -0.1) is 0 Å². The Hall–Kier alpha value is -1.73. The van der Waals surface area contributed by atoms with E-state index >= 15 is 0 Å². The van der Waals surface area contributed by atoms with Crippen LogP contribution in [0.1, 0.15) is 31.6 Å². The Morgan fingerprint density at radius 1 is 1.13 bits per heavy atom. The number of benzene rings is 1. The zero-order valence-electron chi connectivity index (χ0n) is 13.0. The van der Waals surface area contributed by atoms with Crippen molar-refractivity contribution in [3.05, 3.63) is 30.2 Å². The first kappa shape index (κ1) is 14.8. The molecule has 2 fully saturated rings. The third-order valence-electron chi connectivity index (χ3n) is 5.01. The van der Waals surface area contributed by atoms with Gasteiger partial charge in [0.25, 0.3) is 0 Å². The van der Waals surface area contributed by atoms with Gasteiger partial charge in [-0.3, -0.25) is 4.90 Å². The molecule has 0 bridgehead atoms. The Morgan fingerprint density at radius 2 is 1.78 bits per heavy atom. The minimum Gasteiger partial charge on any atom is -0.337 e. The van der Waals surface area contributed by atoms with Crippen molar-refractivity contribution in [3.63, 3.8) is 0 Å². The van der Waals surface area contributed by atoms with E-state index in [1.165, 1.54) is 19.1 Å². The highest BCUT2D eigenvalue weighted by molar-refractivity contribution is 7.90. The highest BCUT2D eigenvalue weighted by Crippen LogP contribution is 2.46. The van der Waals surface area contributed by atoms with Gasteiger partial charge in [0.1, 0.15) is 5.54 Å². The molecular weight excluding hydrogens is 314 g/mol. The average molecular weight is 333 g/mol. The second-order valence-electron chi connectivity index (χ2n) is 6.45.